The quantitative estimate of drug-likeness (QED) is 0.752. The monoisotopic (exact) mass is 419 g/mol. The summed E-state index contributed by atoms with van der Waals surface area (Å²) in [7, 11) is 0. The van der Waals surface area contributed by atoms with Gasteiger partial charge in [-0.2, -0.15) is 13.5 Å². The molecule has 1 atom stereocenters. The molecule has 0 radical (unpaired) electrons. The Bertz CT molecular complexity index is 918. The molecule has 2 heterocycles. The van der Waals surface area contributed by atoms with Gasteiger partial charge in [0, 0.05) is 12.0 Å². The van der Waals surface area contributed by atoms with E-state index in [-0.39, 0.29) is 25.2 Å². The molecule has 1 fully saturated rings. The summed E-state index contributed by atoms with van der Waals surface area (Å²) in [6, 6.07) is 5.78. The van der Waals surface area contributed by atoms with Gasteiger partial charge in [0.1, 0.15) is 22.8 Å². The van der Waals surface area contributed by atoms with E-state index >= 15 is 0 Å². The standard InChI is InChI=1S/C21H24FN3O3.H2S/c1-5-11-21(12-10-17(26)24-21)18-23-13-16(14-6-8-15(22)9-7-14)25(18)19(27)28-20(2,3)4;/h5-9,13H,1,10-12H2,2-4H3,(H,24,26);1H2/t21-;/m1./s1. The number of hydrogen-bond donors (Lipinski definition) is 1. The molecule has 3 rings (SSSR count). The highest BCUT2D eigenvalue weighted by Gasteiger charge is 2.44. The molecule has 0 aliphatic carbocycles. The van der Waals surface area contributed by atoms with E-state index in [1.807, 2.05) is 0 Å². The van der Waals surface area contributed by atoms with Crippen molar-refractivity contribution in [3.63, 3.8) is 0 Å². The van der Waals surface area contributed by atoms with E-state index in [1.165, 1.54) is 16.7 Å². The number of rotatable bonds is 4. The number of benzene rings is 1. The van der Waals surface area contributed by atoms with Crippen LogP contribution in [-0.2, 0) is 15.1 Å². The zero-order valence-corrected chi connectivity index (χ0v) is 17.8. The van der Waals surface area contributed by atoms with Crippen molar-refractivity contribution in [2.24, 2.45) is 0 Å². The van der Waals surface area contributed by atoms with Gasteiger partial charge in [-0.05, 0) is 57.9 Å². The lowest BCUT2D eigenvalue weighted by Crippen LogP contribution is -2.42. The Labute approximate surface area is 176 Å². The highest BCUT2D eigenvalue weighted by atomic mass is 32.1. The fourth-order valence-corrected chi connectivity index (χ4v) is 3.38. The number of halogens is 1. The first-order valence-electron chi connectivity index (χ1n) is 9.15. The smallest absolute Gasteiger partial charge is 0.420 e. The average molecular weight is 420 g/mol. The van der Waals surface area contributed by atoms with Crippen LogP contribution >= 0.6 is 13.5 Å². The second-order valence-corrected chi connectivity index (χ2v) is 7.91. The van der Waals surface area contributed by atoms with Gasteiger partial charge in [0.25, 0.3) is 0 Å². The molecule has 0 bridgehead atoms. The minimum absolute atomic E-state index is 0. The molecule has 156 valence electrons. The van der Waals surface area contributed by atoms with E-state index in [2.05, 4.69) is 16.9 Å². The number of nitrogens with zero attached hydrogens (tertiary/aromatic N) is 2. The van der Waals surface area contributed by atoms with Crippen molar-refractivity contribution in [1.82, 2.24) is 14.9 Å². The van der Waals surface area contributed by atoms with Crippen LogP contribution in [0, 0.1) is 5.82 Å². The van der Waals surface area contributed by atoms with Gasteiger partial charge in [-0.1, -0.05) is 6.08 Å². The largest absolute Gasteiger partial charge is 0.443 e. The average Bonchev–Trinajstić information content (AvgIpc) is 3.19. The topological polar surface area (TPSA) is 73.2 Å². The molecule has 6 nitrogen and oxygen atoms in total. The van der Waals surface area contributed by atoms with Crippen molar-refractivity contribution < 1.29 is 18.7 Å². The highest BCUT2D eigenvalue weighted by molar-refractivity contribution is 7.59. The van der Waals surface area contributed by atoms with Gasteiger partial charge in [-0.15, -0.1) is 6.58 Å². The summed E-state index contributed by atoms with van der Waals surface area (Å²) < 4.78 is 20.3. The second kappa shape index (κ2) is 8.41. The lowest BCUT2D eigenvalue weighted by atomic mass is 9.92. The van der Waals surface area contributed by atoms with Gasteiger partial charge in [0.05, 0.1) is 11.9 Å². The zero-order chi connectivity index (χ0) is 20.5. The van der Waals surface area contributed by atoms with Gasteiger partial charge in [0.2, 0.25) is 5.91 Å². The maximum Gasteiger partial charge on any atom is 0.420 e. The fraction of sp³-hybridized carbons (Fsp3) is 0.381. The van der Waals surface area contributed by atoms with E-state index in [1.54, 1.807) is 45.2 Å². The van der Waals surface area contributed by atoms with E-state index in [4.69, 9.17) is 4.74 Å². The zero-order valence-electron chi connectivity index (χ0n) is 16.8. The fourth-order valence-electron chi connectivity index (χ4n) is 3.38. The third-order valence-corrected chi connectivity index (χ3v) is 4.56. The van der Waals surface area contributed by atoms with Crippen LogP contribution < -0.4 is 5.32 Å². The Morgan fingerprint density at radius 3 is 2.55 bits per heavy atom. The van der Waals surface area contributed by atoms with E-state index in [9.17, 15) is 14.0 Å². The van der Waals surface area contributed by atoms with Crippen LogP contribution in [-0.4, -0.2) is 27.2 Å². The highest BCUT2D eigenvalue weighted by Crippen LogP contribution is 2.37. The maximum absolute atomic E-state index is 13.4. The van der Waals surface area contributed by atoms with Gasteiger partial charge >= 0.3 is 6.09 Å². The first kappa shape index (κ1) is 22.7. The Morgan fingerprint density at radius 2 is 2.03 bits per heavy atom. The summed E-state index contributed by atoms with van der Waals surface area (Å²) in [6.07, 6.45) is 3.87. The predicted octanol–water partition coefficient (Wildman–Crippen LogP) is 4.27. The van der Waals surface area contributed by atoms with Crippen LogP contribution in [0.15, 0.2) is 43.1 Å². The van der Waals surface area contributed by atoms with Crippen molar-refractivity contribution >= 4 is 25.5 Å². The van der Waals surface area contributed by atoms with Crippen LogP contribution in [0.5, 0.6) is 0 Å². The summed E-state index contributed by atoms with van der Waals surface area (Å²) in [6.45, 7) is 9.10. The summed E-state index contributed by atoms with van der Waals surface area (Å²) >= 11 is 0. The Kier molecular flexibility index (Phi) is 6.57. The minimum Gasteiger partial charge on any atom is -0.443 e. The Hall–Kier alpha value is -2.61. The van der Waals surface area contributed by atoms with Crippen molar-refractivity contribution in [3.05, 3.63) is 54.8 Å². The van der Waals surface area contributed by atoms with Gasteiger partial charge in [-0.3, -0.25) is 4.79 Å². The van der Waals surface area contributed by atoms with Crippen molar-refractivity contribution in [1.29, 1.82) is 0 Å². The van der Waals surface area contributed by atoms with Crippen molar-refractivity contribution in [2.75, 3.05) is 0 Å². The molecule has 0 saturated carbocycles. The van der Waals surface area contributed by atoms with Gasteiger partial charge in [0.15, 0.2) is 0 Å². The SMILES string of the molecule is C=CC[C@]1(c2ncc(-c3ccc(F)cc3)n2C(=O)OC(C)(C)C)CCC(=O)N1.S. The summed E-state index contributed by atoms with van der Waals surface area (Å²) in [5.74, 6) is -0.103. The predicted molar refractivity (Wildman–Crippen MR) is 114 cm³/mol. The molecular weight excluding hydrogens is 393 g/mol. The van der Waals surface area contributed by atoms with Crippen LogP contribution in [0.1, 0.15) is 45.9 Å². The third kappa shape index (κ3) is 4.70. The number of imidazole rings is 1. The van der Waals surface area contributed by atoms with E-state index < -0.39 is 17.2 Å². The number of hydrogen-bond acceptors (Lipinski definition) is 4. The second-order valence-electron chi connectivity index (χ2n) is 7.91. The van der Waals surface area contributed by atoms with Gasteiger partial charge < -0.3 is 10.1 Å². The van der Waals surface area contributed by atoms with Crippen molar-refractivity contribution in [2.45, 2.75) is 51.2 Å². The normalized spacial score (nSPS) is 18.7. The maximum atomic E-state index is 13.4. The van der Waals surface area contributed by atoms with Crippen LogP contribution in [0.25, 0.3) is 11.3 Å². The molecule has 1 aliphatic rings. The molecule has 2 aromatic rings. The summed E-state index contributed by atoms with van der Waals surface area (Å²) in [5.41, 5.74) is -0.477. The summed E-state index contributed by atoms with van der Waals surface area (Å²) in [5, 5.41) is 2.96. The lowest BCUT2D eigenvalue weighted by Gasteiger charge is -2.29. The molecule has 1 aromatic heterocycles. The molecular formula is C21H26FN3O3S. The number of carbonyl (C=O) groups excluding carboxylic acids is 2. The molecule has 1 saturated heterocycles. The Morgan fingerprint density at radius 1 is 1.38 bits per heavy atom. The molecule has 29 heavy (non-hydrogen) atoms. The molecule has 0 unspecified atom stereocenters. The molecule has 0 spiro atoms. The number of ether oxygens (including phenoxy) is 1. The van der Waals surface area contributed by atoms with Crippen LogP contribution in [0.2, 0.25) is 0 Å². The number of carbonyl (C=O) groups is 2. The number of amides is 1. The van der Waals surface area contributed by atoms with Crippen LogP contribution in [0.4, 0.5) is 9.18 Å². The van der Waals surface area contributed by atoms with Crippen molar-refractivity contribution in [3.8, 4) is 11.3 Å². The Balaban J connectivity index is 0.00000300. The number of aromatic nitrogens is 2. The molecule has 1 aromatic carbocycles. The lowest BCUT2D eigenvalue weighted by molar-refractivity contribution is -0.119. The van der Waals surface area contributed by atoms with E-state index in [0.717, 1.165) is 0 Å². The third-order valence-electron chi connectivity index (χ3n) is 4.56. The molecule has 1 N–H and O–H groups in total. The molecule has 1 amide bonds. The van der Waals surface area contributed by atoms with Crippen LogP contribution in [0.3, 0.4) is 0 Å². The van der Waals surface area contributed by atoms with E-state index in [0.29, 0.717) is 36.3 Å². The first-order chi connectivity index (χ1) is 13.1. The first-order valence-corrected chi connectivity index (χ1v) is 9.15. The number of nitrogens with one attached hydrogen (secondary N) is 1. The molecule has 8 heteroatoms. The minimum atomic E-state index is -0.839. The summed E-state index contributed by atoms with van der Waals surface area (Å²) in [4.78, 5) is 29.5. The van der Waals surface area contributed by atoms with Gasteiger partial charge in [-0.25, -0.2) is 18.7 Å². The molecule has 1 aliphatic heterocycles.